The largest absolute Gasteiger partial charge is 0.372 e. The molecule has 1 aromatic heterocycles. The third kappa shape index (κ3) is 2.59. The van der Waals surface area contributed by atoms with Crippen molar-refractivity contribution in [1.82, 2.24) is 9.97 Å². The number of fused-ring (bicyclic) bond motifs is 2. The number of benzene rings is 2. The van der Waals surface area contributed by atoms with Gasteiger partial charge >= 0.3 is 0 Å². The summed E-state index contributed by atoms with van der Waals surface area (Å²) in [5.41, 5.74) is 4.25. The molecular formula is C17H15N3S. The van der Waals surface area contributed by atoms with Gasteiger partial charge in [-0.25, -0.2) is 4.98 Å². The molecule has 1 atom stereocenters. The highest BCUT2D eigenvalue weighted by Gasteiger charge is 2.20. The van der Waals surface area contributed by atoms with Gasteiger partial charge in [0.2, 0.25) is 0 Å². The average Bonchev–Trinajstić information content (AvgIpc) is 2.95. The topological polar surface area (TPSA) is 37.8 Å². The SMILES string of the molecule is c1ccc2c(c1)NC(CCc1cnc3ccccc3n1)S2. The number of rotatable bonds is 3. The van der Waals surface area contributed by atoms with Gasteiger partial charge in [-0.2, -0.15) is 0 Å². The van der Waals surface area contributed by atoms with Gasteiger partial charge in [0.1, 0.15) is 0 Å². The lowest BCUT2D eigenvalue weighted by molar-refractivity contribution is 0.806. The molecule has 104 valence electrons. The zero-order chi connectivity index (χ0) is 14.1. The van der Waals surface area contributed by atoms with E-state index in [4.69, 9.17) is 0 Å². The van der Waals surface area contributed by atoms with Crippen LogP contribution >= 0.6 is 11.8 Å². The summed E-state index contributed by atoms with van der Waals surface area (Å²) in [5, 5.41) is 3.98. The monoisotopic (exact) mass is 293 g/mol. The van der Waals surface area contributed by atoms with E-state index in [-0.39, 0.29) is 0 Å². The maximum atomic E-state index is 4.69. The molecule has 0 bridgehead atoms. The van der Waals surface area contributed by atoms with Crippen molar-refractivity contribution in [3.05, 3.63) is 60.4 Å². The van der Waals surface area contributed by atoms with Crippen LogP contribution in [0.5, 0.6) is 0 Å². The molecule has 0 fully saturated rings. The Morgan fingerprint density at radius 2 is 1.81 bits per heavy atom. The molecule has 21 heavy (non-hydrogen) atoms. The van der Waals surface area contributed by atoms with Crippen LogP contribution in [0.3, 0.4) is 0 Å². The maximum Gasteiger partial charge on any atom is 0.0890 e. The Kier molecular flexibility index (Phi) is 3.24. The number of thioether (sulfide) groups is 1. The molecule has 4 rings (SSSR count). The van der Waals surface area contributed by atoms with Crippen LogP contribution in [0.25, 0.3) is 11.0 Å². The Labute approximate surface area is 127 Å². The highest BCUT2D eigenvalue weighted by molar-refractivity contribution is 8.00. The fourth-order valence-corrected chi connectivity index (χ4v) is 3.71. The lowest BCUT2D eigenvalue weighted by Crippen LogP contribution is -2.11. The van der Waals surface area contributed by atoms with Gasteiger partial charge in [-0.15, -0.1) is 0 Å². The molecule has 1 unspecified atom stereocenters. The van der Waals surface area contributed by atoms with E-state index < -0.39 is 0 Å². The van der Waals surface area contributed by atoms with Crippen molar-refractivity contribution in [3.63, 3.8) is 0 Å². The van der Waals surface area contributed by atoms with E-state index >= 15 is 0 Å². The van der Waals surface area contributed by atoms with Gasteiger partial charge in [0, 0.05) is 16.8 Å². The minimum absolute atomic E-state index is 0.427. The quantitative estimate of drug-likeness (QED) is 0.788. The summed E-state index contributed by atoms with van der Waals surface area (Å²) in [6.45, 7) is 0. The van der Waals surface area contributed by atoms with E-state index in [9.17, 15) is 0 Å². The number of para-hydroxylation sites is 3. The van der Waals surface area contributed by atoms with Crippen LogP contribution < -0.4 is 5.32 Å². The number of nitrogens with one attached hydrogen (secondary N) is 1. The zero-order valence-electron chi connectivity index (χ0n) is 11.5. The van der Waals surface area contributed by atoms with E-state index in [1.807, 2.05) is 42.2 Å². The smallest absolute Gasteiger partial charge is 0.0890 e. The Balaban J connectivity index is 1.45. The van der Waals surface area contributed by atoms with Crippen LogP contribution in [-0.4, -0.2) is 15.3 Å². The van der Waals surface area contributed by atoms with Crippen molar-refractivity contribution in [1.29, 1.82) is 0 Å². The number of hydrogen-bond acceptors (Lipinski definition) is 4. The molecule has 0 amide bonds. The van der Waals surface area contributed by atoms with Crippen LogP contribution in [-0.2, 0) is 6.42 Å². The standard InChI is InChI=1S/C17H15N3S/c1-2-6-14-13(5-1)18-11-12(19-14)9-10-17-20-15-7-3-4-8-16(15)21-17/h1-8,11,17,20H,9-10H2. The molecule has 1 aliphatic heterocycles. The Bertz CT molecular complexity index is 763. The van der Waals surface area contributed by atoms with E-state index in [1.54, 1.807) is 0 Å². The van der Waals surface area contributed by atoms with Crippen molar-refractivity contribution in [2.45, 2.75) is 23.1 Å². The van der Waals surface area contributed by atoms with Crippen molar-refractivity contribution < 1.29 is 0 Å². The summed E-state index contributed by atoms with van der Waals surface area (Å²) >= 11 is 1.90. The van der Waals surface area contributed by atoms with Crippen LogP contribution in [0.4, 0.5) is 5.69 Å². The molecule has 2 heterocycles. The first kappa shape index (κ1) is 12.7. The lowest BCUT2D eigenvalue weighted by atomic mass is 10.2. The Morgan fingerprint density at radius 3 is 2.71 bits per heavy atom. The molecule has 0 aliphatic carbocycles. The summed E-state index contributed by atoms with van der Waals surface area (Å²) in [5.74, 6) is 0. The molecule has 1 aliphatic rings. The zero-order valence-corrected chi connectivity index (χ0v) is 12.3. The molecule has 0 saturated carbocycles. The number of anilines is 1. The fourth-order valence-electron chi connectivity index (χ4n) is 2.57. The van der Waals surface area contributed by atoms with Gasteiger partial charge in [-0.05, 0) is 37.1 Å². The lowest BCUT2D eigenvalue weighted by Gasteiger charge is -2.09. The van der Waals surface area contributed by atoms with Gasteiger partial charge in [0.05, 0.1) is 22.1 Å². The van der Waals surface area contributed by atoms with Crippen molar-refractivity contribution in [3.8, 4) is 0 Å². The summed E-state index contributed by atoms with van der Waals surface area (Å²) in [6, 6.07) is 16.5. The summed E-state index contributed by atoms with van der Waals surface area (Å²) in [6.07, 6.45) is 3.89. The van der Waals surface area contributed by atoms with Gasteiger partial charge in [0.25, 0.3) is 0 Å². The highest BCUT2D eigenvalue weighted by Crippen LogP contribution is 2.39. The molecule has 0 saturated heterocycles. The molecule has 0 spiro atoms. The first-order chi connectivity index (χ1) is 10.4. The molecule has 2 aromatic carbocycles. The molecule has 3 aromatic rings. The predicted molar refractivity (Wildman–Crippen MR) is 87.6 cm³/mol. The number of aryl methyl sites for hydroxylation is 1. The Morgan fingerprint density at radius 1 is 1.00 bits per heavy atom. The molecule has 3 nitrogen and oxygen atoms in total. The highest BCUT2D eigenvalue weighted by atomic mass is 32.2. The van der Waals surface area contributed by atoms with Crippen LogP contribution in [0.2, 0.25) is 0 Å². The molecule has 1 N–H and O–H groups in total. The van der Waals surface area contributed by atoms with E-state index in [0.29, 0.717) is 5.37 Å². The maximum absolute atomic E-state index is 4.69. The molecular weight excluding hydrogens is 278 g/mol. The third-order valence-electron chi connectivity index (χ3n) is 3.63. The van der Waals surface area contributed by atoms with Gasteiger partial charge in [-0.3, -0.25) is 4.98 Å². The molecule has 0 radical (unpaired) electrons. The summed E-state index contributed by atoms with van der Waals surface area (Å²) < 4.78 is 0. The molecule has 4 heteroatoms. The summed E-state index contributed by atoms with van der Waals surface area (Å²) in [4.78, 5) is 10.5. The summed E-state index contributed by atoms with van der Waals surface area (Å²) in [7, 11) is 0. The van der Waals surface area contributed by atoms with Crippen molar-refractivity contribution in [2.75, 3.05) is 5.32 Å². The second-order valence-electron chi connectivity index (χ2n) is 5.14. The minimum atomic E-state index is 0.427. The minimum Gasteiger partial charge on any atom is -0.372 e. The second kappa shape index (κ2) is 5.37. The van der Waals surface area contributed by atoms with E-state index in [0.717, 1.165) is 29.6 Å². The van der Waals surface area contributed by atoms with Crippen LogP contribution in [0.1, 0.15) is 12.1 Å². The van der Waals surface area contributed by atoms with Crippen molar-refractivity contribution in [2.24, 2.45) is 0 Å². The van der Waals surface area contributed by atoms with Crippen molar-refractivity contribution >= 4 is 28.5 Å². The number of aromatic nitrogens is 2. The average molecular weight is 293 g/mol. The second-order valence-corrected chi connectivity index (χ2v) is 6.38. The fraction of sp³-hybridized carbons (Fsp3) is 0.176. The first-order valence-corrected chi connectivity index (χ1v) is 7.99. The van der Waals surface area contributed by atoms with E-state index in [1.165, 1.54) is 10.6 Å². The van der Waals surface area contributed by atoms with Gasteiger partial charge < -0.3 is 5.32 Å². The van der Waals surface area contributed by atoms with Crippen LogP contribution in [0.15, 0.2) is 59.6 Å². The third-order valence-corrected chi connectivity index (χ3v) is 4.88. The van der Waals surface area contributed by atoms with Crippen LogP contribution in [0, 0.1) is 0 Å². The normalized spacial score (nSPS) is 16.7. The number of nitrogens with zero attached hydrogens (tertiary/aromatic N) is 2. The first-order valence-electron chi connectivity index (χ1n) is 7.11. The predicted octanol–water partition coefficient (Wildman–Crippen LogP) is 4.11. The van der Waals surface area contributed by atoms with Gasteiger partial charge in [-0.1, -0.05) is 36.0 Å². The van der Waals surface area contributed by atoms with E-state index in [2.05, 4.69) is 39.6 Å². The van der Waals surface area contributed by atoms with Gasteiger partial charge in [0.15, 0.2) is 0 Å². The Hall–Kier alpha value is -2.07. The number of hydrogen-bond donors (Lipinski definition) is 1.